The zero-order valence-electron chi connectivity index (χ0n) is 15.3. The fourth-order valence-electron chi connectivity index (χ4n) is 2.32. The Morgan fingerprint density at radius 3 is 2.64 bits per heavy atom. The van der Waals surface area contributed by atoms with Crippen LogP contribution in [0.1, 0.15) is 40.4 Å². The molecular formula is C18H23N3O6S. The molecule has 2 atom stereocenters. The molecular weight excluding hydrogens is 386 g/mol. The Balaban J connectivity index is 1.82. The number of carbonyl (C=O) groups excluding carboxylic acids is 2. The maximum Gasteiger partial charge on any atom is 0.407 e. The summed E-state index contributed by atoms with van der Waals surface area (Å²) in [5, 5.41) is 23.1. The van der Waals surface area contributed by atoms with Gasteiger partial charge in [0.15, 0.2) is 10.8 Å². The molecule has 0 saturated heterocycles. The SMILES string of the molecule is CCOC(=O)c1nc(N)sc1C(O)C(O)CCNC(=O)OCc1ccccc1. The smallest absolute Gasteiger partial charge is 0.407 e. The minimum Gasteiger partial charge on any atom is -0.461 e. The molecule has 10 heteroatoms. The number of hydrogen-bond acceptors (Lipinski definition) is 9. The van der Waals surface area contributed by atoms with Crippen molar-refractivity contribution in [1.82, 2.24) is 10.3 Å². The lowest BCUT2D eigenvalue weighted by Gasteiger charge is -2.17. The second-order valence-electron chi connectivity index (χ2n) is 5.77. The molecule has 9 nitrogen and oxygen atoms in total. The van der Waals surface area contributed by atoms with E-state index in [1.165, 1.54) is 0 Å². The maximum absolute atomic E-state index is 11.9. The van der Waals surface area contributed by atoms with Crippen LogP contribution >= 0.6 is 11.3 Å². The molecule has 0 fully saturated rings. The second kappa shape index (κ2) is 10.6. The van der Waals surface area contributed by atoms with Crippen LogP contribution in [0.2, 0.25) is 0 Å². The molecule has 1 aromatic carbocycles. The molecule has 2 aromatic rings. The van der Waals surface area contributed by atoms with E-state index in [0.29, 0.717) is 0 Å². The number of nitrogens with one attached hydrogen (secondary N) is 1. The van der Waals surface area contributed by atoms with Crippen molar-refractivity contribution in [3.05, 3.63) is 46.5 Å². The predicted molar refractivity (Wildman–Crippen MR) is 103 cm³/mol. The van der Waals surface area contributed by atoms with Gasteiger partial charge in [0.05, 0.1) is 17.6 Å². The Bertz CT molecular complexity index is 783. The first-order valence-corrected chi connectivity index (χ1v) is 9.48. The normalized spacial score (nSPS) is 12.8. The summed E-state index contributed by atoms with van der Waals surface area (Å²) in [7, 11) is 0. The summed E-state index contributed by atoms with van der Waals surface area (Å²) in [6, 6.07) is 9.20. The second-order valence-corrected chi connectivity index (χ2v) is 6.84. The number of ether oxygens (including phenoxy) is 2. The molecule has 0 radical (unpaired) electrons. The van der Waals surface area contributed by atoms with E-state index in [9.17, 15) is 19.8 Å². The van der Waals surface area contributed by atoms with Gasteiger partial charge in [-0.25, -0.2) is 14.6 Å². The molecule has 1 heterocycles. The molecule has 2 rings (SSSR count). The van der Waals surface area contributed by atoms with Crippen molar-refractivity contribution in [2.75, 3.05) is 18.9 Å². The number of rotatable bonds is 9. The molecule has 0 saturated carbocycles. The summed E-state index contributed by atoms with van der Waals surface area (Å²) in [5.74, 6) is -0.723. The third-order valence-corrected chi connectivity index (χ3v) is 4.65. The number of nitrogen functional groups attached to an aromatic ring is 1. The highest BCUT2D eigenvalue weighted by atomic mass is 32.1. The summed E-state index contributed by atoms with van der Waals surface area (Å²) >= 11 is 0.894. The molecule has 2 unspecified atom stereocenters. The van der Waals surface area contributed by atoms with Gasteiger partial charge in [-0.3, -0.25) is 0 Å². The molecule has 5 N–H and O–H groups in total. The highest BCUT2D eigenvalue weighted by Crippen LogP contribution is 2.30. The van der Waals surface area contributed by atoms with Gasteiger partial charge in [0, 0.05) is 6.54 Å². The molecule has 0 aliphatic rings. The largest absolute Gasteiger partial charge is 0.461 e. The minimum absolute atomic E-state index is 0.0294. The lowest BCUT2D eigenvalue weighted by atomic mass is 10.1. The number of aromatic nitrogens is 1. The average Bonchev–Trinajstić information content (AvgIpc) is 3.08. The number of aliphatic hydroxyl groups is 2. The monoisotopic (exact) mass is 409 g/mol. The van der Waals surface area contributed by atoms with Crippen molar-refractivity contribution in [3.8, 4) is 0 Å². The molecule has 0 aliphatic heterocycles. The highest BCUT2D eigenvalue weighted by molar-refractivity contribution is 7.15. The third-order valence-electron chi connectivity index (χ3n) is 3.69. The van der Waals surface area contributed by atoms with Gasteiger partial charge in [-0.05, 0) is 18.9 Å². The first-order chi connectivity index (χ1) is 13.4. The topological polar surface area (TPSA) is 144 Å². The number of carbonyl (C=O) groups is 2. The number of nitrogens with zero attached hydrogens (tertiary/aromatic N) is 1. The summed E-state index contributed by atoms with van der Waals surface area (Å²) in [6.45, 7) is 1.97. The fraction of sp³-hybridized carbons (Fsp3) is 0.389. The van der Waals surface area contributed by atoms with Gasteiger partial charge in [-0.2, -0.15) is 0 Å². The van der Waals surface area contributed by atoms with E-state index in [0.717, 1.165) is 16.9 Å². The van der Waals surface area contributed by atoms with Crippen molar-refractivity contribution in [1.29, 1.82) is 0 Å². The number of thiazole rings is 1. The van der Waals surface area contributed by atoms with Gasteiger partial charge in [0.25, 0.3) is 0 Å². The zero-order valence-corrected chi connectivity index (χ0v) is 16.1. The van der Waals surface area contributed by atoms with Crippen LogP contribution in [0, 0.1) is 0 Å². The van der Waals surface area contributed by atoms with E-state index in [-0.39, 0.29) is 41.9 Å². The number of esters is 1. The fourth-order valence-corrected chi connectivity index (χ4v) is 3.19. The van der Waals surface area contributed by atoms with E-state index in [2.05, 4.69) is 10.3 Å². The molecule has 0 spiro atoms. The Kier molecular flexibility index (Phi) is 8.18. The molecule has 0 bridgehead atoms. The van der Waals surface area contributed by atoms with Crippen LogP contribution in [-0.2, 0) is 16.1 Å². The van der Waals surface area contributed by atoms with Crippen LogP contribution in [0.25, 0.3) is 0 Å². The Morgan fingerprint density at radius 2 is 1.96 bits per heavy atom. The first kappa shape index (κ1) is 21.6. The molecule has 1 amide bonds. The quantitative estimate of drug-likeness (QED) is 0.457. The Morgan fingerprint density at radius 1 is 1.25 bits per heavy atom. The van der Waals surface area contributed by atoms with E-state index in [1.54, 1.807) is 6.92 Å². The predicted octanol–water partition coefficient (Wildman–Crippen LogP) is 1.61. The number of anilines is 1. The van der Waals surface area contributed by atoms with E-state index < -0.39 is 24.3 Å². The molecule has 28 heavy (non-hydrogen) atoms. The van der Waals surface area contributed by atoms with Crippen molar-refractivity contribution >= 4 is 28.5 Å². The van der Waals surface area contributed by atoms with E-state index in [4.69, 9.17) is 15.2 Å². The summed E-state index contributed by atoms with van der Waals surface area (Å²) < 4.78 is 9.93. The zero-order chi connectivity index (χ0) is 20.5. The van der Waals surface area contributed by atoms with Gasteiger partial charge in [0.2, 0.25) is 0 Å². The van der Waals surface area contributed by atoms with Crippen LogP contribution in [-0.4, -0.2) is 46.5 Å². The van der Waals surface area contributed by atoms with Crippen LogP contribution in [0.5, 0.6) is 0 Å². The van der Waals surface area contributed by atoms with Crippen molar-refractivity contribution in [2.24, 2.45) is 0 Å². The van der Waals surface area contributed by atoms with Crippen LogP contribution in [0.4, 0.5) is 9.93 Å². The third kappa shape index (κ3) is 6.19. The minimum atomic E-state index is -1.39. The maximum atomic E-state index is 11.9. The summed E-state index contributed by atoms with van der Waals surface area (Å²) in [4.78, 5) is 27.6. The molecule has 1 aromatic heterocycles. The van der Waals surface area contributed by atoms with Crippen molar-refractivity contribution < 1.29 is 29.3 Å². The van der Waals surface area contributed by atoms with Crippen LogP contribution in [0.15, 0.2) is 30.3 Å². The molecule has 152 valence electrons. The Hall–Kier alpha value is -2.69. The van der Waals surface area contributed by atoms with Crippen molar-refractivity contribution in [3.63, 3.8) is 0 Å². The summed E-state index contributed by atoms with van der Waals surface area (Å²) in [5.41, 5.74) is 6.34. The number of amides is 1. The summed E-state index contributed by atoms with van der Waals surface area (Å²) in [6.07, 6.45) is -3.25. The lowest BCUT2D eigenvalue weighted by molar-refractivity contribution is 0.0142. The standard InChI is InChI=1S/C18H23N3O6S/c1-2-26-16(24)13-15(28-17(19)21-13)14(23)12(22)8-9-20-18(25)27-10-11-6-4-3-5-7-11/h3-7,12,14,22-23H,2,8-10H2,1H3,(H2,19,21)(H,20,25). The van der Waals surface area contributed by atoms with E-state index >= 15 is 0 Å². The Labute approximate surface area is 166 Å². The van der Waals surface area contributed by atoms with E-state index in [1.807, 2.05) is 30.3 Å². The van der Waals surface area contributed by atoms with Crippen LogP contribution < -0.4 is 11.1 Å². The first-order valence-electron chi connectivity index (χ1n) is 8.66. The van der Waals surface area contributed by atoms with Gasteiger partial charge in [-0.1, -0.05) is 41.7 Å². The van der Waals surface area contributed by atoms with Gasteiger partial charge >= 0.3 is 12.1 Å². The van der Waals surface area contributed by atoms with Gasteiger partial charge in [0.1, 0.15) is 12.7 Å². The number of benzene rings is 1. The van der Waals surface area contributed by atoms with Gasteiger partial charge in [-0.15, -0.1) is 0 Å². The number of aliphatic hydroxyl groups excluding tert-OH is 2. The number of nitrogens with two attached hydrogens (primary N) is 1. The highest BCUT2D eigenvalue weighted by Gasteiger charge is 2.28. The van der Waals surface area contributed by atoms with Gasteiger partial charge < -0.3 is 30.7 Å². The average molecular weight is 409 g/mol. The van der Waals surface area contributed by atoms with Crippen LogP contribution in [0.3, 0.4) is 0 Å². The lowest BCUT2D eigenvalue weighted by Crippen LogP contribution is -2.30. The van der Waals surface area contributed by atoms with Crippen molar-refractivity contribution in [2.45, 2.75) is 32.2 Å². The number of alkyl carbamates (subject to hydrolysis) is 1. The molecule has 0 aliphatic carbocycles. The number of hydrogen-bond donors (Lipinski definition) is 4.